The third-order valence-corrected chi connectivity index (χ3v) is 4.11. The molecule has 108 valence electrons. The molecule has 2 fully saturated rings. The van der Waals surface area contributed by atoms with Crippen LogP contribution in [0.2, 0.25) is 0 Å². The molecular weight excluding hydrogens is 244 g/mol. The maximum atomic E-state index is 12.0. The fourth-order valence-electron chi connectivity index (χ4n) is 2.70. The topological polar surface area (TPSA) is 69.6 Å². The van der Waals surface area contributed by atoms with Crippen LogP contribution < -0.4 is 5.32 Å². The van der Waals surface area contributed by atoms with Crippen LogP contribution in [0.25, 0.3) is 0 Å². The highest BCUT2D eigenvalue weighted by atomic mass is 16.3. The number of hydrogen-bond acceptors (Lipinski definition) is 3. The number of rotatable bonds is 4. The summed E-state index contributed by atoms with van der Waals surface area (Å²) < 4.78 is 0. The van der Waals surface area contributed by atoms with Gasteiger partial charge >= 0.3 is 0 Å². The van der Waals surface area contributed by atoms with Gasteiger partial charge in [0.05, 0.1) is 5.60 Å². The van der Waals surface area contributed by atoms with Crippen molar-refractivity contribution in [3.05, 3.63) is 0 Å². The molecule has 1 heterocycles. The van der Waals surface area contributed by atoms with Crippen LogP contribution in [0.1, 0.15) is 39.5 Å². The molecule has 1 aliphatic carbocycles. The van der Waals surface area contributed by atoms with Gasteiger partial charge in [0.2, 0.25) is 11.8 Å². The number of β-amino-alcohol motifs (C(OH)–C–C–N with tert-alkyl or cyclic N) is 1. The Morgan fingerprint density at radius 1 is 1.47 bits per heavy atom. The second kappa shape index (κ2) is 5.49. The number of piperidine rings is 1. The van der Waals surface area contributed by atoms with Crippen LogP contribution in [-0.2, 0) is 9.59 Å². The molecule has 19 heavy (non-hydrogen) atoms. The van der Waals surface area contributed by atoms with Gasteiger partial charge in [-0.1, -0.05) is 6.92 Å². The molecule has 1 saturated heterocycles. The van der Waals surface area contributed by atoms with Crippen LogP contribution in [0.5, 0.6) is 0 Å². The standard InChI is InChI=1S/C14H24N2O3/c1-10-8-11(10)13(18)15-6-4-12(17)16-7-3-5-14(2,19)9-16/h10-11,19H,3-9H2,1-2H3,(H,15,18). The van der Waals surface area contributed by atoms with Gasteiger partial charge in [0.25, 0.3) is 0 Å². The van der Waals surface area contributed by atoms with Gasteiger partial charge in [0.1, 0.15) is 0 Å². The lowest BCUT2D eigenvalue weighted by Gasteiger charge is -2.36. The van der Waals surface area contributed by atoms with Crippen LogP contribution in [0.3, 0.4) is 0 Å². The zero-order valence-electron chi connectivity index (χ0n) is 11.8. The first-order valence-corrected chi connectivity index (χ1v) is 7.17. The van der Waals surface area contributed by atoms with Crippen LogP contribution in [0.15, 0.2) is 0 Å². The first-order valence-electron chi connectivity index (χ1n) is 7.17. The quantitative estimate of drug-likeness (QED) is 0.781. The third-order valence-electron chi connectivity index (χ3n) is 4.11. The van der Waals surface area contributed by atoms with E-state index in [-0.39, 0.29) is 17.7 Å². The van der Waals surface area contributed by atoms with Crippen LogP contribution in [0.4, 0.5) is 0 Å². The van der Waals surface area contributed by atoms with Gasteiger partial charge in [0.15, 0.2) is 0 Å². The van der Waals surface area contributed by atoms with Crippen molar-refractivity contribution in [2.24, 2.45) is 11.8 Å². The lowest BCUT2D eigenvalue weighted by molar-refractivity contribution is -0.137. The van der Waals surface area contributed by atoms with Crippen molar-refractivity contribution in [1.82, 2.24) is 10.2 Å². The molecule has 3 atom stereocenters. The van der Waals surface area contributed by atoms with E-state index < -0.39 is 5.60 Å². The van der Waals surface area contributed by atoms with E-state index in [1.54, 1.807) is 11.8 Å². The molecule has 3 unspecified atom stereocenters. The molecule has 0 radical (unpaired) electrons. The molecule has 1 aliphatic heterocycles. The Morgan fingerprint density at radius 2 is 2.16 bits per heavy atom. The number of nitrogens with zero attached hydrogens (tertiary/aromatic N) is 1. The minimum atomic E-state index is -0.763. The fourth-order valence-corrected chi connectivity index (χ4v) is 2.70. The largest absolute Gasteiger partial charge is 0.388 e. The summed E-state index contributed by atoms with van der Waals surface area (Å²) in [6, 6.07) is 0. The van der Waals surface area contributed by atoms with Crippen LogP contribution in [-0.4, -0.2) is 47.1 Å². The molecule has 2 rings (SSSR count). The predicted octanol–water partition coefficient (Wildman–Crippen LogP) is 0.522. The molecule has 5 heteroatoms. The number of nitrogens with one attached hydrogen (secondary N) is 1. The van der Waals surface area contributed by atoms with E-state index in [0.717, 1.165) is 19.3 Å². The van der Waals surface area contributed by atoms with Gasteiger partial charge in [-0.05, 0) is 32.1 Å². The van der Waals surface area contributed by atoms with Crippen molar-refractivity contribution in [1.29, 1.82) is 0 Å². The summed E-state index contributed by atoms with van der Waals surface area (Å²) in [6.07, 6.45) is 2.87. The third kappa shape index (κ3) is 3.93. The number of carbonyl (C=O) groups excluding carboxylic acids is 2. The Hall–Kier alpha value is -1.10. The summed E-state index contributed by atoms with van der Waals surface area (Å²) in [5.74, 6) is 0.744. The van der Waals surface area contributed by atoms with E-state index in [9.17, 15) is 14.7 Å². The fraction of sp³-hybridized carbons (Fsp3) is 0.857. The number of carbonyl (C=O) groups is 2. The maximum Gasteiger partial charge on any atom is 0.224 e. The summed E-state index contributed by atoms with van der Waals surface area (Å²) in [6.45, 7) is 5.34. The molecule has 0 aromatic rings. The average Bonchev–Trinajstić information content (AvgIpc) is 3.05. The predicted molar refractivity (Wildman–Crippen MR) is 71.3 cm³/mol. The van der Waals surface area contributed by atoms with Crippen molar-refractivity contribution in [2.75, 3.05) is 19.6 Å². The van der Waals surface area contributed by atoms with E-state index in [4.69, 9.17) is 0 Å². The lowest BCUT2D eigenvalue weighted by atomic mass is 9.95. The molecule has 2 aliphatic rings. The first kappa shape index (κ1) is 14.3. The molecule has 0 spiro atoms. The van der Waals surface area contributed by atoms with E-state index >= 15 is 0 Å². The van der Waals surface area contributed by atoms with Crippen LogP contribution in [0, 0.1) is 11.8 Å². The van der Waals surface area contributed by atoms with Crippen molar-refractivity contribution < 1.29 is 14.7 Å². The SMILES string of the molecule is CC1CC1C(=O)NCCC(=O)N1CCCC(C)(O)C1. The van der Waals surface area contributed by atoms with Crippen molar-refractivity contribution in [3.8, 4) is 0 Å². The summed E-state index contributed by atoms with van der Waals surface area (Å²) >= 11 is 0. The minimum Gasteiger partial charge on any atom is -0.388 e. The van der Waals surface area contributed by atoms with Gasteiger partial charge in [-0.3, -0.25) is 9.59 Å². The molecule has 2 N–H and O–H groups in total. The van der Waals surface area contributed by atoms with Crippen LogP contribution >= 0.6 is 0 Å². The lowest BCUT2D eigenvalue weighted by Crippen LogP contribution is -2.49. The minimum absolute atomic E-state index is 0.0177. The van der Waals surface area contributed by atoms with Crippen molar-refractivity contribution in [3.63, 3.8) is 0 Å². The molecule has 0 aromatic heterocycles. The Bertz CT molecular complexity index is 368. The van der Waals surface area contributed by atoms with Gasteiger partial charge in [-0.25, -0.2) is 0 Å². The maximum absolute atomic E-state index is 12.0. The monoisotopic (exact) mass is 268 g/mol. The van der Waals surface area contributed by atoms with Gasteiger partial charge in [-0.2, -0.15) is 0 Å². The van der Waals surface area contributed by atoms with Crippen molar-refractivity contribution in [2.45, 2.75) is 45.1 Å². The summed E-state index contributed by atoms with van der Waals surface area (Å²) in [5.41, 5.74) is -0.763. The zero-order valence-corrected chi connectivity index (χ0v) is 11.8. The van der Waals surface area contributed by atoms with E-state index in [2.05, 4.69) is 12.2 Å². The molecule has 0 bridgehead atoms. The Balaban J connectivity index is 1.68. The summed E-state index contributed by atoms with van der Waals surface area (Å²) in [4.78, 5) is 25.3. The zero-order chi connectivity index (χ0) is 14.0. The van der Waals surface area contributed by atoms with E-state index in [1.165, 1.54) is 0 Å². The molecule has 0 aromatic carbocycles. The van der Waals surface area contributed by atoms with Gasteiger partial charge < -0.3 is 15.3 Å². The Morgan fingerprint density at radius 3 is 2.74 bits per heavy atom. The average molecular weight is 268 g/mol. The second-order valence-corrected chi connectivity index (χ2v) is 6.28. The van der Waals surface area contributed by atoms with Crippen molar-refractivity contribution >= 4 is 11.8 Å². The Kier molecular flexibility index (Phi) is 4.13. The number of likely N-dealkylation sites (tertiary alicyclic amines) is 1. The van der Waals surface area contributed by atoms with E-state index in [0.29, 0.717) is 32.0 Å². The Labute approximate surface area is 114 Å². The number of hydrogen-bond donors (Lipinski definition) is 2. The molecule has 2 amide bonds. The number of aliphatic hydroxyl groups is 1. The summed E-state index contributed by atoms with van der Waals surface area (Å²) in [5, 5.41) is 12.8. The smallest absolute Gasteiger partial charge is 0.224 e. The highest BCUT2D eigenvalue weighted by Crippen LogP contribution is 2.37. The van der Waals surface area contributed by atoms with Gasteiger partial charge in [-0.15, -0.1) is 0 Å². The molecule has 1 saturated carbocycles. The normalized spacial score (nSPS) is 33.9. The number of amides is 2. The second-order valence-electron chi connectivity index (χ2n) is 6.28. The first-order chi connectivity index (χ1) is 8.89. The highest BCUT2D eigenvalue weighted by molar-refractivity contribution is 5.82. The van der Waals surface area contributed by atoms with E-state index in [1.807, 2.05) is 0 Å². The molecule has 5 nitrogen and oxygen atoms in total. The highest BCUT2D eigenvalue weighted by Gasteiger charge is 2.38. The summed E-state index contributed by atoms with van der Waals surface area (Å²) in [7, 11) is 0. The molecular formula is C14H24N2O3. The van der Waals surface area contributed by atoms with Gasteiger partial charge in [0, 0.05) is 32.0 Å².